The maximum absolute atomic E-state index is 12.7. The highest BCUT2D eigenvalue weighted by molar-refractivity contribution is 9.10. The number of hydrogen-bond acceptors (Lipinski definition) is 4. The highest BCUT2D eigenvalue weighted by Crippen LogP contribution is 2.37. The Hall–Kier alpha value is -0.630. The molecule has 0 saturated carbocycles. The normalized spacial score (nSPS) is 23.4. The summed E-state index contributed by atoms with van der Waals surface area (Å²) in [6, 6.07) is 3.45. The molecule has 2 aliphatic heterocycles. The smallest absolute Gasteiger partial charge is 0.246 e. The van der Waals surface area contributed by atoms with Crippen LogP contribution >= 0.6 is 15.9 Å². The summed E-state index contributed by atoms with van der Waals surface area (Å²) >= 11 is 3.37. The van der Waals surface area contributed by atoms with Crippen molar-refractivity contribution in [2.24, 2.45) is 5.73 Å². The van der Waals surface area contributed by atoms with Crippen LogP contribution < -0.4 is 10.5 Å². The lowest BCUT2D eigenvalue weighted by molar-refractivity contribution is 0.347. The van der Waals surface area contributed by atoms with E-state index in [-0.39, 0.29) is 10.9 Å². The highest BCUT2D eigenvalue weighted by Gasteiger charge is 2.35. The van der Waals surface area contributed by atoms with Gasteiger partial charge < -0.3 is 10.5 Å². The van der Waals surface area contributed by atoms with Gasteiger partial charge in [0.15, 0.2) is 0 Å². The van der Waals surface area contributed by atoms with Crippen LogP contribution in [0, 0.1) is 0 Å². The van der Waals surface area contributed by atoms with E-state index in [4.69, 9.17) is 10.5 Å². The topological polar surface area (TPSA) is 72.6 Å². The molecule has 0 amide bonds. The third kappa shape index (κ3) is 2.29. The minimum absolute atomic E-state index is 0.0732. The van der Waals surface area contributed by atoms with Gasteiger partial charge in [-0.15, -0.1) is 0 Å². The molecular weight excluding hydrogens is 332 g/mol. The van der Waals surface area contributed by atoms with E-state index in [1.807, 2.05) is 6.07 Å². The molecule has 1 atom stereocenters. The van der Waals surface area contributed by atoms with E-state index in [0.717, 1.165) is 16.5 Å². The van der Waals surface area contributed by atoms with E-state index in [9.17, 15) is 8.42 Å². The van der Waals surface area contributed by atoms with Crippen LogP contribution in [0.1, 0.15) is 12.0 Å². The Balaban J connectivity index is 2.07. The molecule has 104 valence electrons. The largest absolute Gasteiger partial charge is 0.492 e. The van der Waals surface area contributed by atoms with Gasteiger partial charge in [-0.25, -0.2) is 8.42 Å². The summed E-state index contributed by atoms with van der Waals surface area (Å²) in [5.41, 5.74) is 6.74. The quantitative estimate of drug-likeness (QED) is 0.870. The summed E-state index contributed by atoms with van der Waals surface area (Å²) in [6.45, 7) is 1.39. The molecule has 3 rings (SSSR count). The fourth-order valence-electron chi connectivity index (χ4n) is 2.54. The molecule has 0 aromatic heterocycles. The predicted molar refractivity (Wildman–Crippen MR) is 74.7 cm³/mol. The Morgan fingerprint density at radius 3 is 2.89 bits per heavy atom. The molecule has 1 saturated heterocycles. The number of hydrogen-bond donors (Lipinski definition) is 1. The van der Waals surface area contributed by atoms with E-state index in [1.165, 1.54) is 4.31 Å². The van der Waals surface area contributed by atoms with Crippen molar-refractivity contribution >= 4 is 26.0 Å². The molecule has 0 aliphatic carbocycles. The van der Waals surface area contributed by atoms with Crippen LogP contribution in [-0.4, -0.2) is 38.5 Å². The van der Waals surface area contributed by atoms with Gasteiger partial charge in [0, 0.05) is 35.6 Å². The third-order valence-electron chi connectivity index (χ3n) is 3.52. The summed E-state index contributed by atoms with van der Waals surface area (Å²) in [6.07, 6.45) is 1.45. The molecule has 0 radical (unpaired) electrons. The lowest BCUT2D eigenvalue weighted by Crippen LogP contribution is -2.32. The average molecular weight is 347 g/mol. The molecule has 0 bridgehead atoms. The fraction of sp³-hybridized carbons (Fsp3) is 0.500. The van der Waals surface area contributed by atoms with Crippen molar-refractivity contribution in [2.45, 2.75) is 23.8 Å². The molecule has 0 spiro atoms. The first kappa shape index (κ1) is 13.4. The highest BCUT2D eigenvalue weighted by atomic mass is 79.9. The Morgan fingerprint density at radius 2 is 2.21 bits per heavy atom. The van der Waals surface area contributed by atoms with Gasteiger partial charge in [0.2, 0.25) is 10.0 Å². The number of fused-ring (bicyclic) bond motifs is 1. The van der Waals surface area contributed by atoms with Gasteiger partial charge in [-0.2, -0.15) is 4.31 Å². The lowest BCUT2D eigenvalue weighted by Gasteiger charge is -2.18. The van der Waals surface area contributed by atoms with Crippen molar-refractivity contribution in [1.29, 1.82) is 0 Å². The van der Waals surface area contributed by atoms with Gasteiger partial charge in [0.05, 0.1) is 6.61 Å². The van der Waals surface area contributed by atoms with Gasteiger partial charge in [-0.3, -0.25) is 0 Å². The molecule has 2 N–H and O–H groups in total. The number of halogens is 1. The maximum Gasteiger partial charge on any atom is 0.246 e. The monoisotopic (exact) mass is 346 g/mol. The molecule has 7 heteroatoms. The standard InChI is InChI=1S/C12H15BrN2O3S/c13-9-5-8-2-4-18-12(8)11(6-9)19(16,17)15-3-1-10(14)7-15/h5-6,10H,1-4,7,14H2/t10-/m1/s1. The summed E-state index contributed by atoms with van der Waals surface area (Å²) in [4.78, 5) is 0.253. The minimum Gasteiger partial charge on any atom is -0.492 e. The average Bonchev–Trinajstić information content (AvgIpc) is 2.96. The fourth-order valence-corrected chi connectivity index (χ4v) is 4.91. The van der Waals surface area contributed by atoms with Gasteiger partial charge in [-0.05, 0) is 18.6 Å². The first-order valence-electron chi connectivity index (χ1n) is 6.19. The van der Waals surface area contributed by atoms with Gasteiger partial charge >= 0.3 is 0 Å². The number of nitrogens with zero attached hydrogens (tertiary/aromatic N) is 1. The number of ether oxygens (including phenoxy) is 1. The summed E-state index contributed by atoms with van der Waals surface area (Å²) in [7, 11) is -3.52. The Morgan fingerprint density at radius 1 is 1.42 bits per heavy atom. The second-order valence-electron chi connectivity index (χ2n) is 4.90. The van der Waals surface area contributed by atoms with Crippen molar-refractivity contribution in [3.8, 4) is 5.75 Å². The van der Waals surface area contributed by atoms with Crippen LogP contribution in [-0.2, 0) is 16.4 Å². The van der Waals surface area contributed by atoms with Crippen LogP contribution in [0.4, 0.5) is 0 Å². The van der Waals surface area contributed by atoms with Crippen molar-refractivity contribution in [1.82, 2.24) is 4.31 Å². The Kier molecular flexibility index (Phi) is 3.33. The number of nitrogens with two attached hydrogens (primary N) is 1. The van der Waals surface area contributed by atoms with Crippen molar-refractivity contribution in [3.63, 3.8) is 0 Å². The molecule has 2 aliphatic rings. The van der Waals surface area contributed by atoms with E-state index in [2.05, 4.69) is 15.9 Å². The molecule has 1 aromatic rings. The van der Waals surface area contributed by atoms with Crippen LogP contribution in [0.25, 0.3) is 0 Å². The second-order valence-corrected chi connectivity index (χ2v) is 7.72. The van der Waals surface area contributed by atoms with Crippen molar-refractivity contribution < 1.29 is 13.2 Å². The van der Waals surface area contributed by atoms with E-state index >= 15 is 0 Å². The Labute approximate surface area is 120 Å². The van der Waals surface area contributed by atoms with E-state index < -0.39 is 10.0 Å². The van der Waals surface area contributed by atoms with Crippen molar-refractivity contribution in [2.75, 3.05) is 19.7 Å². The zero-order chi connectivity index (χ0) is 13.6. The van der Waals surface area contributed by atoms with E-state index in [1.54, 1.807) is 6.07 Å². The summed E-state index contributed by atoms with van der Waals surface area (Å²) < 4.78 is 33.0. The first-order valence-corrected chi connectivity index (χ1v) is 8.43. The first-order chi connectivity index (χ1) is 8.98. The number of benzene rings is 1. The summed E-state index contributed by atoms with van der Waals surface area (Å²) in [5, 5.41) is 0. The SMILES string of the molecule is N[C@@H]1CCN(S(=O)(=O)c2cc(Br)cc3c2OCC3)C1. The lowest BCUT2D eigenvalue weighted by atomic mass is 10.2. The third-order valence-corrected chi connectivity index (χ3v) is 5.85. The molecule has 1 aromatic carbocycles. The maximum atomic E-state index is 12.7. The molecular formula is C12H15BrN2O3S. The Bertz CT molecular complexity index is 618. The predicted octanol–water partition coefficient (Wildman–Crippen LogP) is 1.11. The zero-order valence-electron chi connectivity index (χ0n) is 10.3. The van der Waals surface area contributed by atoms with Crippen LogP contribution in [0.5, 0.6) is 5.75 Å². The molecule has 1 fully saturated rings. The van der Waals surface area contributed by atoms with Gasteiger partial charge in [0.1, 0.15) is 10.6 Å². The number of rotatable bonds is 2. The molecule has 5 nitrogen and oxygen atoms in total. The molecule has 19 heavy (non-hydrogen) atoms. The summed E-state index contributed by atoms with van der Waals surface area (Å²) in [5.74, 6) is 0.503. The van der Waals surface area contributed by atoms with Crippen LogP contribution in [0.15, 0.2) is 21.5 Å². The molecule has 0 unspecified atom stereocenters. The van der Waals surface area contributed by atoms with Gasteiger partial charge in [-0.1, -0.05) is 15.9 Å². The molecule has 2 heterocycles. The van der Waals surface area contributed by atoms with E-state index in [0.29, 0.717) is 31.9 Å². The minimum atomic E-state index is -3.52. The van der Waals surface area contributed by atoms with Crippen LogP contribution in [0.3, 0.4) is 0 Å². The zero-order valence-corrected chi connectivity index (χ0v) is 12.7. The van der Waals surface area contributed by atoms with Gasteiger partial charge in [0.25, 0.3) is 0 Å². The second kappa shape index (κ2) is 4.73. The van der Waals surface area contributed by atoms with Crippen molar-refractivity contribution in [3.05, 3.63) is 22.2 Å². The van der Waals surface area contributed by atoms with Crippen LogP contribution in [0.2, 0.25) is 0 Å². The number of sulfonamides is 1.